The van der Waals surface area contributed by atoms with Gasteiger partial charge < -0.3 is 20.1 Å². The molecule has 9 heteroatoms. The molecule has 2 aromatic rings. The van der Waals surface area contributed by atoms with Crippen molar-refractivity contribution in [1.29, 1.82) is 0 Å². The number of carbonyl (C=O) groups excluding carboxylic acids is 1. The number of aromatic nitrogens is 2. The van der Waals surface area contributed by atoms with Gasteiger partial charge >= 0.3 is 11.9 Å². The van der Waals surface area contributed by atoms with Crippen LogP contribution in [0.2, 0.25) is 0 Å². The topological polar surface area (TPSA) is 139 Å². The van der Waals surface area contributed by atoms with Gasteiger partial charge in [0.15, 0.2) is 0 Å². The van der Waals surface area contributed by atoms with Crippen molar-refractivity contribution in [3.63, 3.8) is 0 Å². The van der Waals surface area contributed by atoms with E-state index in [-0.39, 0.29) is 17.4 Å². The number of aryl methyl sites for hydroxylation is 2. The molecular formula is C17H19N3O6. The van der Waals surface area contributed by atoms with Crippen molar-refractivity contribution < 1.29 is 24.6 Å². The van der Waals surface area contributed by atoms with E-state index in [1.165, 1.54) is 6.20 Å². The summed E-state index contributed by atoms with van der Waals surface area (Å²) in [7, 11) is 0. The lowest BCUT2D eigenvalue weighted by Gasteiger charge is -2.15. The molecule has 0 spiro atoms. The molecule has 0 saturated carbocycles. The van der Waals surface area contributed by atoms with Gasteiger partial charge in [-0.05, 0) is 32.4 Å². The molecule has 26 heavy (non-hydrogen) atoms. The molecule has 0 unspecified atom stereocenters. The molecule has 0 aliphatic carbocycles. The molecule has 3 N–H and O–H groups in total. The summed E-state index contributed by atoms with van der Waals surface area (Å²) in [6.45, 7) is 4.06. The smallest absolute Gasteiger partial charge is 0.326 e. The van der Waals surface area contributed by atoms with E-state index in [1.807, 2.05) is 6.92 Å². The second kappa shape index (κ2) is 7.77. The summed E-state index contributed by atoms with van der Waals surface area (Å²) in [5, 5.41) is 20.3. The second-order valence-electron chi connectivity index (χ2n) is 5.78. The summed E-state index contributed by atoms with van der Waals surface area (Å²) in [5.41, 5.74) is 0.384. The number of pyridine rings is 2. The van der Waals surface area contributed by atoms with Crippen molar-refractivity contribution in [3.8, 4) is 0 Å². The molecule has 0 bridgehead atoms. The van der Waals surface area contributed by atoms with Gasteiger partial charge in [-0.25, -0.2) is 9.78 Å². The van der Waals surface area contributed by atoms with Crippen LogP contribution in [0.5, 0.6) is 0 Å². The molecule has 0 fully saturated rings. The van der Waals surface area contributed by atoms with Gasteiger partial charge in [0.25, 0.3) is 5.91 Å². The molecule has 138 valence electrons. The minimum absolute atomic E-state index is 0.216. The quantitative estimate of drug-likeness (QED) is 0.662. The van der Waals surface area contributed by atoms with E-state index in [2.05, 4.69) is 10.3 Å². The molecule has 2 rings (SSSR count). The second-order valence-corrected chi connectivity index (χ2v) is 5.78. The Morgan fingerprint density at radius 2 is 1.96 bits per heavy atom. The van der Waals surface area contributed by atoms with Crippen LogP contribution >= 0.6 is 0 Å². The number of nitrogens with zero attached hydrogens (tertiary/aromatic N) is 2. The first-order chi connectivity index (χ1) is 12.2. The van der Waals surface area contributed by atoms with Crippen LogP contribution in [0.4, 0.5) is 0 Å². The predicted molar refractivity (Wildman–Crippen MR) is 92.2 cm³/mol. The first-order valence-corrected chi connectivity index (χ1v) is 8.00. The van der Waals surface area contributed by atoms with Crippen molar-refractivity contribution in [3.05, 3.63) is 39.8 Å². The Labute approximate surface area is 148 Å². The van der Waals surface area contributed by atoms with Gasteiger partial charge in [-0.15, -0.1) is 0 Å². The van der Waals surface area contributed by atoms with Crippen LogP contribution in [0.1, 0.15) is 35.8 Å². The highest BCUT2D eigenvalue weighted by atomic mass is 16.4. The third-order valence-electron chi connectivity index (χ3n) is 3.90. The zero-order valence-corrected chi connectivity index (χ0v) is 14.4. The Morgan fingerprint density at radius 1 is 1.27 bits per heavy atom. The third-order valence-corrected chi connectivity index (χ3v) is 3.90. The Bertz CT molecular complexity index is 934. The summed E-state index contributed by atoms with van der Waals surface area (Å²) >= 11 is 0. The van der Waals surface area contributed by atoms with E-state index in [0.29, 0.717) is 12.2 Å². The zero-order valence-electron chi connectivity index (χ0n) is 14.4. The highest BCUT2D eigenvalue weighted by Gasteiger charge is 2.24. The van der Waals surface area contributed by atoms with E-state index >= 15 is 0 Å². The van der Waals surface area contributed by atoms with Crippen LogP contribution in [-0.2, 0) is 16.1 Å². The van der Waals surface area contributed by atoms with Gasteiger partial charge in [-0.2, -0.15) is 0 Å². The van der Waals surface area contributed by atoms with Crippen LogP contribution < -0.4 is 10.7 Å². The van der Waals surface area contributed by atoms with Crippen molar-refractivity contribution in [1.82, 2.24) is 14.9 Å². The van der Waals surface area contributed by atoms with Crippen molar-refractivity contribution >= 4 is 28.9 Å². The number of amides is 1. The third kappa shape index (κ3) is 4.05. The van der Waals surface area contributed by atoms with Crippen molar-refractivity contribution in [2.75, 3.05) is 0 Å². The van der Waals surface area contributed by atoms with Crippen LogP contribution in [-0.4, -0.2) is 43.7 Å². The van der Waals surface area contributed by atoms with Gasteiger partial charge in [0.2, 0.25) is 5.43 Å². The lowest BCUT2D eigenvalue weighted by molar-refractivity contribution is -0.140. The largest absolute Gasteiger partial charge is 0.481 e. The maximum Gasteiger partial charge on any atom is 0.326 e. The SMILES string of the molecule is CCn1cc(C(=O)N[C@H](CCC(=O)O)C(=O)O)c(=O)c2ccc(C)nc21. The highest BCUT2D eigenvalue weighted by molar-refractivity contribution is 5.98. The van der Waals surface area contributed by atoms with Crippen LogP contribution in [0.25, 0.3) is 11.0 Å². The number of aliphatic carboxylic acids is 2. The first kappa shape index (κ1) is 19.1. The molecule has 0 radical (unpaired) electrons. The molecule has 9 nitrogen and oxygen atoms in total. The number of nitrogens with one attached hydrogen (secondary N) is 1. The van der Waals surface area contributed by atoms with Crippen LogP contribution in [0.3, 0.4) is 0 Å². The van der Waals surface area contributed by atoms with Gasteiger partial charge in [0.05, 0.1) is 5.39 Å². The van der Waals surface area contributed by atoms with E-state index in [9.17, 15) is 19.2 Å². The Hall–Kier alpha value is -3.23. The fraction of sp³-hybridized carbons (Fsp3) is 0.353. The number of fused-ring (bicyclic) bond motifs is 1. The summed E-state index contributed by atoms with van der Waals surface area (Å²) in [5.74, 6) is -3.41. The maximum atomic E-state index is 12.6. The maximum absolute atomic E-state index is 12.6. The summed E-state index contributed by atoms with van der Waals surface area (Å²) in [4.78, 5) is 51.2. The standard InChI is InChI=1S/C17H19N3O6/c1-3-20-8-11(14(23)10-5-4-9(2)18-15(10)20)16(24)19-12(17(25)26)6-7-13(21)22/h4-5,8,12H,3,6-7H2,1-2H3,(H,19,24)(H,21,22)(H,25,26)/t12-/m1/s1. The molecule has 0 aliphatic rings. The Kier molecular flexibility index (Phi) is 5.71. The Morgan fingerprint density at radius 3 is 2.54 bits per heavy atom. The van der Waals surface area contributed by atoms with E-state index < -0.39 is 35.7 Å². The number of carboxylic acids is 2. The highest BCUT2D eigenvalue weighted by Crippen LogP contribution is 2.11. The number of hydrogen-bond donors (Lipinski definition) is 3. The molecular weight excluding hydrogens is 342 g/mol. The molecule has 2 heterocycles. The molecule has 1 atom stereocenters. The monoisotopic (exact) mass is 361 g/mol. The zero-order chi connectivity index (χ0) is 19.4. The number of rotatable bonds is 7. The fourth-order valence-corrected chi connectivity index (χ4v) is 2.52. The van der Waals surface area contributed by atoms with Crippen LogP contribution in [0, 0.1) is 6.92 Å². The summed E-state index contributed by atoms with van der Waals surface area (Å²) < 4.78 is 1.63. The van der Waals surface area contributed by atoms with Gasteiger partial charge in [0, 0.05) is 24.9 Å². The van der Waals surface area contributed by atoms with Gasteiger partial charge in [0.1, 0.15) is 17.3 Å². The number of carboxylic acid groups (broad SMARTS) is 2. The first-order valence-electron chi connectivity index (χ1n) is 8.00. The average Bonchev–Trinajstić information content (AvgIpc) is 2.58. The lowest BCUT2D eigenvalue weighted by atomic mass is 10.1. The minimum Gasteiger partial charge on any atom is -0.481 e. The molecule has 2 aromatic heterocycles. The van der Waals surface area contributed by atoms with Crippen LogP contribution in [0.15, 0.2) is 23.1 Å². The van der Waals surface area contributed by atoms with Gasteiger partial charge in [-0.3, -0.25) is 14.4 Å². The van der Waals surface area contributed by atoms with Gasteiger partial charge in [-0.1, -0.05) is 0 Å². The summed E-state index contributed by atoms with van der Waals surface area (Å²) in [6, 6.07) is 1.82. The van der Waals surface area contributed by atoms with E-state index in [0.717, 1.165) is 5.69 Å². The lowest BCUT2D eigenvalue weighted by Crippen LogP contribution is -2.42. The van der Waals surface area contributed by atoms with Crippen molar-refractivity contribution in [2.24, 2.45) is 0 Å². The molecule has 0 aromatic carbocycles. The van der Waals surface area contributed by atoms with E-state index in [4.69, 9.17) is 10.2 Å². The van der Waals surface area contributed by atoms with Crippen molar-refractivity contribution in [2.45, 2.75) is 39.3 Å². The molecule has 0 aliphatic heterocycles. The number of carbonyl (C=O) groups is 3. The molecule has 1 amide bonds. The average molecular weight is 361 g/mol. The normalized spacial score (nSPS) is 11.9. The molecule has 0 saturated heterocycles. The minimum atomic E-state index is -1.40. The number of hydrogen-bond acceptors (Lipinski definition) is 5. The predicted octanol–water partition coefficient (Wildman–Crippen LogP) is 0.773. The van der Waals surface area contributed by atoms with E-state index in [1.54, 1.807) is 23.6 Å². The summed E-state index contributed by atoms with van der Waals surface area (Å²) in [6.07, 6.45) is 0.632. The Balaban J connectivity index is 2.42. The fourth-order valence-electron chi connectivity index (χ4n) is 2.52.